The first-order valence-corrected chi connectivity index (χ1v) is 4.80. The largest absolute Gasteiger partial charge is 0.453 e. The molecule has 19 heavy (non-hydrogen) atoms. The van der Waals surface area contributed by atoms with E-state index in [0.29, 0.717) is 12.1 Å². The molecule has 1 aromatic heterocycles. The third kappa shape index (κ3) is 2.29. The van der Waals surface area contributed by atoms with Crippen LogP contribution < -0.4 is 0 Å². The zero-order valence-corrected chi connectivity index (χ0v) is 8.89. The highest BCUT2D eigenvalue weighted by Gasteiger charge is 2.40. The van der Waals surface area contributed by atoms with Gasteiger partial charge in [-0.2, -0.15) is 26.3 Å². The number of halogens is 6. The molecule has 0 saturated carbocycles. The zero-order chi connectivity index (χ0) is 14.4. The second kappa shape index (κ2) is 4.01. The van der Waals surface area contributed by atoms with Crippen molar-refractivity contribution in [3.8, 4) is 0 Å². The van der Waals surface area contributed by atoms with E-state index in [-0.39, 0.29) is 6.29 Å². The lowest BCUT2D eigenvalue weighted by Crippen LogP contribution is -2.08. The summed E-state index contributed by atoms with van der Waals surface area (Å²) in [5.41, 5.74) is -3.17. The molecule has 2 nitrogen and oxygen atoms in total. The second-order valence-electron chi connectivity index (χ2n) is 3.67. The maximum atomic E-state index is 12.7. The molecule has 1 heterocycles. The topological polar surface area (TPSA) is 30.2 Å². The van der Waals surface area contributed by atoms with Crippen molar-refractivity contribution in [2.75, 3.05) is 0 Å². The zero-order valence-electron chi connectivity index (χ0n) is 8.89. The van der Waals surface area contributed by atoms with Crippen molar-refractivity contribution in [3.63, 3.8) is 0 Å². The Hall–Kier alpha value is -1.99. The Kier molecular flexibility index (Phi) is 2.83. The minimum atomic E-state index is -4.98. The van der Waals surface area contributed by atoms with Crippen molar-refractivity contribution in [2.24, 2.45) is 0 Å². The summed E-state index contributed by atoms with van der Waals surface area (Å²) in [5.74, 6) is -1.04. The first-order valence-electron chi connectivity index (χ1n) is 4.80. The van der Waals surface area contributed by atoms with Crippen molar-refractivity contribution < 1.29 is 35.6 Å². The molecule has 102 valence electrons. The summed E-state index contributed by atoms with van der Waals surface area (Å²) in [4.78, 5) is 10.5. The minimum absolute atomic E-state index is 0.184. The summed E-state index contributed by atoms with van der Waals surface area (Å²) in [6, 6.07) is 1.65. The van der Waals surface area contributed by atoms with Crippen molar-refractivity contribution in [2.45, 2.75) is 12.4 Å². The molecule has 0 spiro atoms. The van der Waals surface area contributed by atoms with Gasteiger partial charge in [-0.15, -0.1) is 0 Å². The van der Waals surface area contributed by atoms with E-state index in [4.69, 9.17) is 0 Å². The van der Waals surface area contributed by atoms with Gasteiger partial charge < -0.3 is 4.42 Å². The van der Waals surface area contributed by atoms with Crippen LogP contribution in [0.2, 0.25) is 0 Å². The smallest absolute Gasteiger partial charge is 0.420 e. The van der Waals surface area contributed by atoms with Crippen LogP contribution >= 0.6 is 0 Å². The number of aldehydes is 1. The highest BCUT2D eigenvalue weighted by molar-refractivity contribution is 5.90. The van der Waals surface area contributed by atoms with Crippen LogP contribution in [0, 0.1) is 0 Å². The molecule has 0 aliphatic carbocycles. The van der Waals surface area contributed by atoms with E-state index >= 15 is 0 Å². The van der Waals surface area contributed by atoms with Gasteiger partial charge in [0.25, 0.3) is 0 Å². The third-order valence-electron chi connectivity index (χ3n) is 2.43. The Bertz CT molecular complexity index is 635. The first kappa shape index (κ1) is 13.4. The van der Waals surface area contributed by atoms with Gasteiger partial charge in [0.2, 0.25) is 0 Å². The molecule has 0 aliphatic rings. The summed E-state index contributed by atoms with van der Waals surface area (Å²) in [7, 11) is 0. The van der Waals surface area contributed by atoms with E-state index in [2.05, 4.69) is 4.42 Å². The molecule has 0 amide bonds. The van der Waals surface area contributed by atoms with Crippen LogP contribution in [0.5, 0.6) is 0 Å². The van der Waals surface area contributed by atoms with Crippen LogP contribution in [0.3, 0.4) is 0 Å². The van der Waals surface area contributed by atoms with Gasteiger partial charge in [0.1, 0.15) is 11.1 Å². The van der Waals surface area contributed by atoms with Gasteiger partial charge in [-0.1, -0.05) is 0 Å². The van der Waals surface area contributed by atoms with Crippen LogP contribution in [-0.2, 0) is 12.4 Å². The quantitative estimate of drug-likeness (QED) is 0.577. The standard InChI is InChI=1S/C11H4F6O2/c12-10(13,14)5-1-2-7-6(3-5)9(11(15,16)17)8(4-18)19-7/h1-4H. The molecule has 1 aromatic carbocycles. The van der Waals surface area contributed by atoms with Crippen molar-refractivity contribution in [3.05, 3.63) is 35.1 Å². The minimum Gasteiger partial charge on any atom is -0.453 e. The van der Waals surface area contributed by atoms with E-state index in [1.807, 2.05) is 0 Å². The van der Waals surface area contributed by atoms with Crippen LogP contribution in [-0.4, -0.2) is 6.29 Å². The van der Waals surface area contributed by atoms with Crippen molar-refractivity contribution >= 4 is 17.3 Å². The molecule has 0 fully saturated rings. The van der Waals surface area contributed by atoms with Gasteiger partial charge in [-0.3, -0.25) is 4.79 Å². The summed E-state index contributed by atoms with van der Waals surface area (Å²) in [5, 5.41) is -0.788. The Labute approximate surface area is 101 Å². The first-order chi connectivity index (χ1) is 8.64. The van der Waals surface area contributed by atoms with Gasteiger partial charge in [0.15, 0.2) is 12.0 Å². The van der Waals surface area contributed by atoms with E-state index < -0.39 is 40.2 Å². The number of hydrogen-bond donors (Lipinski definition) is 0. The number of carbonyl (C=O) groups excluding carboxylic acids is 1. The average Bonchev–Trinajstić information content (AvgIpc) is 2.64. The molecular weight excluding hydrogens is 278 g/mol. The normalized spacial score (nSPS) is 12.9. The number of furan rings is 1. The molecule has 2 rings (SSSR count). The number of rotatable bonds is 1. The van der Waals surface area contributed by atoms with Gasteiger partial charge in [-0.05, 0) is 18.2 Å². The number of fused-ring (bicyclic) bond motifs is 1. The van der Waals surface area contributed by atoms with Crippen LogP contribution in [0.4, 0.5) is 26.3 Å². The fourth-order valence-electron chi connectivity index (χ4n) is 1.67. The fourth-order valence-corrected chi connectivity index (χ4v) is 1.67. The molecule has 0 unspecified atom stereocenters. The van der Waals surface area contributed by atoms with Gasteiger partial charge in [-0.25, -0.2) is 0 Å². The number of alkyl halides is 6. The molecule has 0 saturated heterocycles. The molecule has 2 aromatic rings. The Morgan fingerprint density at radius 1 is 1.00 bits per heavy atom. The van der Waals surface area contributed by atoms with E-state index in [1.165, 1.54) is 0 Å². The van der Waals surface area contributed by atoms with Crippen molar-refractivity contribution in [1.82, 2.24) is 0 Å². The summed E-state index contributed by atoms with van der Waals surface area (Å²) < 4.78 is 80.1. The van der Waals surface area contributed by atoms with E-state index in [9.17, 15) is 31.1 Å². The highest BCUT2D eigenvalue weighted by Crippen LogP contribution is 2.41. The molecule has 0 bridgehead atoms. The molecular formula is C11H4F6O2. The lowest BCUT2D eigenvalue weighted by molar-refractivity contribution is -0.139. The molecule has 8 heteroatoms. The number of benzene rings is 1. The van der Waals surface area contributed by atoms with E-state index in [0.717, 1.165) is 6.07 Å². The summed E-state index contributed by atoms with van der Waals surface area (Å²) >= 11 is 0. The maximum absolute atomic E-state index is 12.7. The Morgan fingerprint density at radius 2 is 1.63 bits per heavy atom. The predicted molar refractivity (Wildman–Crippen MR) is 51.6 cm³/mol. The number of hydrogen-bond acceptors (Lipinski definition) is 2. The van der Waals surface area contributed by atoms with Crippen molar-refractivity contribution in [1.29, 1.82) is 0 Å². The number of carbonyl (C=O) groups is 1. The van der Waals surface area contributed by atoms with Crippen LogP contribution in [0.15, 0.2) is 22.6 Å². The SMILES string of the molecule is O=Cc1oc2ccc(C(F)(F)F)cc2c1C(F)(F)F. The molecule has 0 atom stereocenters. The highest BCUT2D eigenvalue weighted by atomic mass is 19.4. The lowest BCUT2D eigenvalue weighted by atomic mass is 10.1. The molecule has 0 aliphatic heterocycles. The lowest BCUT2D eigenvalue weighted by Gasteiger charge is -2.07. The van der Waals surface area contributed by atoms with E-state index in [1.54, 1.807) is 0 Å². The molecule has 0 N–H and O–H groups in total. The summed E-state index contributed by atoms with van der Waals surface area (Å²) in [6.45, 7) is 0. The fraction of sp³-hybridized carbons (Fsp3) is 0.182. The molecule has 0 radical (unpaired) electrons. The second-order valence-corrected chi connectivity index (χ2v) is 3.67. The van der Waals surface area contributed by atoms with Gasteiger partial charge >= 0.3 is 12.4 Å². The third-order valence-corrected chi connectivity index (χ3v) is 2.43. The Morgan fingerprint density at radius 3 is 2.11 bits per heavy atom. The van der Waals surface area contributed by atoms with Crippen LogP contribution in [0.1, 0.15) is 21.7 Å². The Balaban J connectivity index is 2.80. The van der Waals surface area contributed by atoms with Gasteiger partial charge in [0.05, 0.1) is 5.56 Å². The van der Waals surface area contributed by atoms with Crippen LogP contribution in [0.25, 0.3) is 11.0 Å². The average molecular weight is 282 g/mol. The summed E-state index contributed by atoms with van der Waals surface area (Å²) in [6.07, 6.45) is -9.95. The van der Waals surface area contributed by atoms with Gasteiger partial charge in [0, 0.05) is 5.39 Å². The monoisotopic (exact) mass is 282 g/mol. The predicted octanol–water partition coefficient (Wildman–Crippen LogP) is 4.28. The maximum Gasteiger partial charge on any atom is 0.420 e.